The maximum atomic E-state index is 12.6. The second-order valence-corrected chi connectivity index (χ2v) is 6.28. The van der Waals surface area contributed by atoms with Crippen molar-refractivity contribution in [2.45, 2.75) is 19.9 Å². The predicted molar refractivity (Wildman–Crippen MR) is 102 cm³/mol. The largest absolute Gasteiger partial charge is 0.493 e. The van der Waals surface area contributed by atoms with E-state index in [1.54, 1.807) is 41.8 Å². The van der Waals surface area contributed by atoms with Gasteiger partial charge < -0.3 is 29.3 Å². The number of methoxy groups -OCH3 is 2. The first-order valence-electron chi connectivity index (χ1n) is 9.14. The molecule has 3 amide bonds. The highest BCUT2D eigenvalue weighted by Gasteiger charge is 2.28. The maximum Gasteiger partial charge on any atom is 0.409 e. The van der Waals surface area contributed by atoms with Crippen LogP contribution in [0.5, 0.6) is 11.5 Å². The van der Waals surface area contributed by atoms with Crippen LogP contribution in [-0.2, 0) is 9.53 Å². The van der Waals surface area contributed by atoms with Gasteiger partial charge in [0.15, 0.2) is 11.5 Å². The molecule has 154 valence electrons. The topological polar surface area (TPSA) is 97.4 Å². The van der Waals surface area contributed by atoms with Gasteiger partial charge in [-0.2, -0.15) is 0 Å². The van der Waals surface area contributed by atoms with Crippen molar-refractivity contribution in [2.24, 2.45) is 0 Å². The highest BCUT2D eigenvalue weighted by molar-refractivity contribution is 5.98. The van der Waals surface area contributed by atoms with E-state index in [2.05, 4.69) is 5.32 Å². The van der Waals surface area contributed by atoms with Gasteiger partial charge in [0.2, 0.25) is 5.91 Å². The zero-order valence-electron chi connectivity index (χ0n) is 16.7. The van der Waals surface area contributed by atoms with E-state index in [1.807, 2.05) is 0 Å². The second kappa shape index (κ2) is 9.82. The van der Waals surface area contributed by atoms with Crippen LogP contribution in [0.25, 0.3) is 0 Å². The summed E-state index contributed by atoms with van der Waals surface area (Å²) in [6, 6.07) is 4.10. The van der Waals surface area contributed by atoms with Gasteiger partial charge in [0.25, 0.3) is 5.91 Å². The lowest BCUT2D eigenvalue weighted by Gasteiger charge is -2.35. The minimum absolute atomic E-state index is 0.197. The number of ether oxygens (including phenoxy) is 3. The van der Waals surface area contributed by atoms with Crippen molar-refractivity contribution in [3.8, 4) is 11.5 Å². The maximum absolute atomic E-state index is 12.6. The molecule has 0 radical (unpaired) electrons. The molecule has 1 saturated heterocycles. The lowest BCUT2D eigenvalue weighted by atomic mass is 10.1. The molecule has 1 aromatic rings. The monoisotopic (exact) mass is 393 g/mol. The summed E-state index contributed by atoms with van der Waals surface area (Å²) in [6.07, 6.45) is -0.371. The molecule has 9 heteroatoms. The molecule has 0 bridgehead atoms. The zero-order chi connectivity index (χ0) is 20.7. The number of nitrogens with zero attached hydrogens (tertiary/aromatic N) is 2. The molecule has 0 saturated carbocycles. The average Bonchev–Trinajstić information content (AvgIpc) is 2.72. The van der Waals surface area contributed by atoms with E-state index in [1.165, 1.54) is 14.2 Å². The average molecular weight is 393 g/mol. The van der Waals surface area contributed by atoms with Crippen molar-refractivity contribution in [3.05, 3.63) is 23.8 Å². The Bertz CT molecular complexity index is 716. The standard InChI is InChI=1S/C19H27N3O6/c1-5-28-19(25)22-10-8-21(9-11-22)18(24)13(2)20-17(23)14-6-7-15(26-3)16(12-14)27-4/h6-7,12-13H,5,8-11H2,1-4H3,(H,20,23)/t13-/m1/s1. The normalized spacial score (nSPS) is 14.9. The molecule has 9 nitrogen and oxygen atoms in total. The molecule has 1 fully saturated rings. The molecule has 0 aliphatic carbocycles. The fourth-order valence-electron chi connectivity index (χ4n) is 2.92. The minimum Gasteiger partial charge on any atom is -0.493 e. The van der Waals surface area contributed by atoms with Gasteiger partial charge in [-0.05, 0) is 32.0 Å². The first-order valence-corrected chi connectivity index (χ1v) is 9.14. The quantitative estimate of drug-likeness (QED) is 0.778. The van der Waals surface area contributed by atoms with Gasteiger partial charge in [-0.3, -0.25) is 9.59 Å². The number of hydrogen-bond acceptors (Lipinski definition) is 6. The van der Waals surface area contributed by atoms with Crippen LogP contribution in [0.3, 0.4) is 0 Å². The fraction of sp³-hybridized carbons (Fsp3) is 0.526. The Morgan fingerprint density at radius 3 is 2.21 bits per heavy atom. The van der Waals surface area contributed by atoms with Crippen LogP contribution in [0.15, 0.2) is 18.2 Å². The van der Waals surface area contributed by atoms with Gasteiger partial charge in [0, 0.05) is 31.7 Å². The second-order valence-electron chi connectivity index (χ2n) is 6.28. The number of benzene rings is 1. The van der Waals surface area contributed by atoms with E-state index in [0.717, 1.165) is 0 Å². The van der Waals surface area contributed by atoms with Crippen LogP contribution in [0, 0.1) is 0 Å². The summed E-state index contributed by atoms with van der Waals surface area (Å²) in [5.74, 6) is 0.371. The molecular formula is C19H27N3O6. The summed E-state index contributed by atoms with van der Waals surface area (Å²) in [4.78, 5) is 40.0. The number of amides is 3. The molecule has 0 unspecified atom stereocenters. The van der Waals surface area contributed by atoms with Gasteiger partial charge in [-0.15, -0.1) is 0 Å². The van der Waals surface area contributed by atoms with Crippen LogP contribution in [0.2, 0.25) is 0 Å². The highest BCUT2D eigenvalue weighted by atomic mass is 16.6. The van der Waals surface area contributed by atoms with E-state index in [-0.39, 0.29) is 17.9 Å². The Kier molecular flexibility index (Phi) is 7.48. The number of rotatable bonds is 6. The zero-order valence-corrected chi connectivity index (χ0v) is 16.7. The lowest BCUT2D eigenvalue weighted by Crippen LogP contribution is -2.55. The molecule has 1 atom stereocenters. The number of carbonyl (C=O) groups is 3. The summed E-state index contributed by atoms with van der Waals surface area (Å²) >= 11 is 0. The number of carbonyl (C=O) groups excluding carboxylic acids is 3. The Hall–Kier alpha value is -2.97. The van der Waals surface area contributed by atoms with Crippen LogP contribution < -0.4 is 14.8 Å². The van der Waals surface area contributed by atoms with Gasteiger partial charge in [-0.1, -0.05) is 0 Å². The molecule has 0 aromatic heterocycles. The van der Waals surface area contributed by atoms with Gasteiger partial charge in [0.1, 0.15) is 6.04 Å². The Morgan fingerprint density at radius 1 is 1.04 bits per heavy atom. The van der Waals surface area contributed by atoms with Crippen molar-refractivity contribution >= 4 is 17.9 Å². The molecule has 1 heterocycles. The first kappa shape index (κ1) is 21.3. The van der Waals surface area contributed by atoms with E-state index in [9.17, 15) is 14.4 Å². The predicted octanol–water partition coefficient (Wildman–Crippen LogP) is 1.12. The molecule has 0 spiro atoms. The molecular weight excluding hydrogens is 366 g/mol. The molecule has 2 rings (SSSR count). The third kappa shape index (κ3) is 5.05. The molecule has 1 aliphatic rings. The van der Waals surface area contributed by atoms with Crippen LogP contribution in [0.4, 0.5) is 4.79 Å². The summed E-state index contributed by atoms with van der Waals surface area (Å²) in [5.41, 5.74) is 0.365. The Labute approximate surface area is 164 Å². The van der Waals surface area contributed by atoms with Gasteiger partial charge >= 0.3 is 6.09 Å². The molecule has 1 N–H and O–H groups in total. The molecule has 1 aromatic carbocycles. The lowest BCUT2D eigenvalue weighted by molar-refractivity contribution is -0.134. The van der Waals surface area contributed by atoms with Crippen molar-refractivity contribution < 1.29 is 28.6 Å². The van der Waals surface area contributed by atoms with E-state index >= 15 is 0 Å². The smallest absolute Gasteiger partial charge is 0.409 e. The van der Waals surface area contributed by atoms with Crippen molar-refractivity contribution in [2.75, 3.05) is 47.0 Å². The SMILES string of the molecule is CCOC(=O)N1CCN(C(=O)[C@@H](C)NC(=O)c2ccc(OC)c(OC)c2)CC1. The van der Waals surface area contributed by atoms with E-state index < -0.39 is 6.04 Å². The van der Waals surface area contributed by atoms with Crippen LogP contribution >= 0.6 is 0 Å². The first-order chi connectivity index (χ1) is 13.4. The summed E-state index contributed by atoms with van der Waals surface area (Å²) in [6.45, 7) is 5.31. The summed E-state index contributed by atoms with van der Waals surface area (Å²) in [7, 11) is 3.00. The van der Waals surface area contributed by atoms with Crippen molar-refractivity contribution in [1.29, 1.82) is 0 Å². The highest BCUT2D eigenvalue weighted by Crippen LogP contribution is 2.27. The Morgan fingerprint density at radius 2 is 1.64 bits per heavy atom. The fourth-order valence-corrected chi connectivity index (χ4v) is 2.92. The van der Waals surface area contributed by atoms with E-state index in [4.69, 9.17) is 14.2 Å². The van der Waals surface area contributed by atoms with Gasteiger partial charge in [-0.25, -0.2) is 4.79 Å². The summed E-state index contributed by atoms with van der Waals surface area (Å²) < 4.78 is 15.3. The van der Waals surface area contributed by atoms with Crippen LogP contribution in [-0.4, -0.2) is 80.8 Å². The third-order valence-corrected chi connectivity index (χ3v) is 4.48. The number of piperazine rings is 1. The third-order valence-electron chi connectivity index (χ3n) is 4.48. The van der Waals surface area contributed by atoms with Gasteiger partial charge in [0.05, 0.1) is 20.8 Å². The van der Waals surface area contributed by atoms with Crippen LogP contribution in [0.1, 0.15) is 24.2 Å². The van der Waals surface area contributed by atoms with Crippen molar-refractivity contribution in [3.63, 3.8) is 0 Å². The minimum atomic E-state index is -0.699. The van der Waals surface area contributed by atoms with E-state index in [0.29, 0.717) is 49.8 Å². The number of nitrogens with one attached hydrogen (secondary N) is 1. The van der Waals surface area contributed by atoms with Crippen molar-refractivity contribution in [1.82, 2.24) is 15.1 Å². The summed E-state index contributed by atoms with van der Waals surface area (Å²) in [5, 5.41) is 2.70. The molecule has 28 heavy (non-hydrogen) atoms. The molecule has 1 aliphatic heterocycles. The number of hydrogen-bond donors (Lipinski definition) is 1. The Balaban J connectivity index is 1.92.